The molecule has 0 radical (unpaired) electrons. The van der Waals surface area contributed by atoms with E-state index in [4.69, 9.17) is 0 Å². The second-order valence-corrected chi connectivity index (χ2v) is 7.76. The fraction of sp³-hybridized carbons (Fsp3) is 0.217. The number of anilines is 1. The van der Waals surface area contributed by atoms with Gasteiger partial charge in [-0.1, -0.05) is 31.5 Å². The first-order valence-corrected chi connectivity index (χ1v) is 10.6. The second-order valence-electron chi connectivity index (χ2n) is 6.92. The molecule has 2 heterocycles. The smallest absolute Gasteiger partial charge is 0.232 e. The lowest BCUT2D eigenvalue weighted by Gasteiger charge is -2.22. The number of carbonyl (C=O) groups excluding carboxylic acids is 1. The Kier molecular flexibility index (Phi) is 5.71. The first-order chi connectivity index (χ1) is 14.2. The van der Waals surface area contributed by atoms with Crippen molar-refractivity contribution in [1.29, 1.82) is 0 Å². The summed E-state index contributed by atoms with van der Waals surface area (Å²) in [6.07, 6.45) is 4.21. The van der Waals surface area contributed by atoms with Crippen molar-refractivity contribution >= 4 is 27.9 Å². The van der Waals surface area contributed by atoms with Crippen molar-refractivity contribution in [3.8, 4) is 11.3 Å². The number of imidazole rings is 1. The molecule has 0 unspecified atom stereocenters. The summed E-state index contributed by atoms with van der Waals surface area (Å²) in [5.74, 6) is -0.199. The Morgan fingerprint density at radius 3 is 2.62 bits per heavy atom. The predicted molar refractivity (Wildman–Crippen MR) is 116 cm³/mol. The molecule has 0 N–H and O–H groups in total. The van der Waals surface area contributed by atoms with Crippen molar-refractivity contribution in [3.05, 3.63) is 77.7 Å². The molecule has 4 rings (SSSR count). The number of unbranched alkanes of at least 4 members (excludes halogenated alkanes) is 1. The van der Waals surface area contributed by atoms with E-state index in [0.717, 1.165) is 40.4 Å². The van der Waals surface area contributed by atoms with Crippen molar-refractivity contribution in [2.24, 2.45) is 0 Å². The maximum Gasteiger partial charge on any atom is 0.232 e. The summed E-state index contributed by atoms with van der Waals surface area (Å²) in [5, 5.41) is 1.98. The van der Waals surface area contributed by atoms with Crippen LogP contribution in [0.5, 0.6) is 0 Å². The molecule has 148 valence electrons. The predicted octanol–water partition coefficient (Wildman–Crippen LogP) is 5.58. The fourth-order valence-electron chi connectivity index (χ4n) is 3.29. The highest BCUT2D eigenvalue weighted by Gasteiger charge is 2.18. The van der Waals surface area contributed by atoms with Crippen LogP contribution in [0.25, 0.3) is 16.2 Å². The van der Waals surface area contributed by atoms with Gasteiger partial charge < -0.3 is 4.90 Å². The number of thiazole rings is 1. The molecule has 0 atom stereocenters. The fourth-order valence-corrected chi connectivity index (χ4v) is 4.16. The van der Waals surface area contributed by atoms with Crippen LogP contribution in [0.15, 0.2) is 66.2 Å². The Bertz CT molecular complexity index is 1100. The van der Waals surface area contributed by atoms with E-state index in [-0.39, 0.29) is 11.7 Å². The molecule has 0 saturated heterocycles. The molecule has 2 aromatic carbocycles. The number of fused-ring (bicyclic) bond motifs is 1. The van der Waals surface area contributed by atoms with Gasteiger partial charge in [-0.2, -0.15) is 0 Å². The number of rotatable bonds is 7. The maximum absolute atomic E-state index is 13.2. The minimum atomic E-state index is -0.269. The lowest BCUT2D eigenvalue weighted by Crippen LogP contribution is -2.33. The summed E-state index contributed by atoms with van der Waals surface area (Å²) < 4.78 is 15.2. The summed E-state index contributed by atoms with van der Waals surface area (Å²) in [6.45, 7) is 2.83. The van der Waals surface area contributed by atoms with Crippen LogP contribution in [0, 0.1) is 5.82 Å². The molecule has 2 aromatic heterocycles. The number of aromatic nitrogens is 2. The average molecular weight is 408 g/mol. The molecule has 4 nitrogen and oxygen atoms in total. The topological polar surface area (TPSA) is 37.6 Å². The number of para-hydroxylation sites is 1. The summed E-state index contributed by atoms with van der Waals surface area (Å²) in [4.78, 5) is 20.4. The van der Waals surface area contributed by atoms with Gasteiger partial charge in [0, 0.05) is 35.1 Å². The van der Waals surface area contributed by atoms with Gasteiger partial charge in [-0.25, -0.2) is 9.37 Å². The van der Waals surface area contributed by atoms with E-state index < -0.39 is 0 Å². The van der Waals surface area contributed by atoms with Gasteiger partial charge in [-0.05, 0) is 42.8 Å². The molecular weight excluding hydrogens is 385 g/mol. The molecule has 0 aliphatic rings. The van der Waals surface area contributed by atoms with Crippen molar-refractivity contribution in [2.75, 3.05) is 11.4 Å². The highest BCUT2D eigenvalue weighted by molar-refractivity contribution is 7.15. The maximum atomic E-state index is 13.2. The zero-order valence-electron chi connectivity index (χ0n) is 16.2. The van der Waals surface area contributed by atoms with Gasteiger partial charge in [0.05, 0.1) is 12.1 Å². The number of hydrogen-bond acceptors (Lipinski definition) is 3. The zero-order chi connectivity index (χ0) is 20.2. The van der Waals surface area contributed by atoms with Crippen molar-refractivity contribution < 1.29 is 9.18 Å². The molecule has 0 aliphatic heterocycles. The molecule has 6 heteroatoms. The van der Waals surface area contributed by atoms with E-state index in [1.165, 1.54) is 23.5 Å². The molecule has 0 saturated carbocycles. The SMILES string of the molecule is CCCCN(C(=O)Cc1csc2nc(-c3ccc(F)cc3)cn12)c1ccccc1. The minimum Gasteiger partial charge on any atom is -0.312 e. The standard InChI is InChI=1S/C23H22FN3OS/c1-2-3-13-26(19-7-5-4-6-8-19)22(28)14-20-16-29-23-25-21(15-27(20)23)17-9-11-18(24)12-10-17/h4-12,15-16H,2-3,13-14H2,1H3. The zero-order valence-corrected chi connectivity index (χ0v) is 17.0. The number of benzene rings is 2. The lowest BCUT2D eigenvalue weighted by molar-refractivity contribution is -0.118. The quantitative estimate of drug-likeness (QED) is 0.401. The van der Waals surface area contributed by atoms with Crippen LogP contribution >= 0.6 is 11.3 Å². The first-order valence-electron chi connectivity index (χ1n) is 9.72. The number of nitrogens with zero attached hydrogens (tertiary/aromatic N) is 3. The van der Waals surface area contributed by atoms with E-state index >= 15 is 0 Å². The third kappa shape index (κ3) is 4.22. The highest BCUT2D eigenvalue weighted by atomic mass is 32.1. The van der Waals surface area contributed by atoms with Crippen LogP contribution in [0.3, 0.4) is 0 Å². The largest absolute Gasteiger partial charge is 0.312 e. The van der Waals surface area contributed by atoms with Gasteiger partial charge in [0.1, 0.15) is 5.82 Å². The monoisotopic (exact) mass is 407 g/mol. The second kappa shape index (κ2) is 8.57. The van der Waals surface area contributed by atoms with Gasteiger partial charge in [0.25, 0.3) is 0 Å². The van der Waals surface area contributed by atoms with Crippen molar-refractivity contribution in [2.45, 2.75) is 26.2 Å². The van der Waals surface area contributed by atoms with Crippen LogP contribution in [0.1, 0.15) is 25.5 Å². The Labute approximate surface area is 173 Å². The van der Waals surface area contributed by atoms with E-state index in [9.17, 15) is 9.18 Å². The number of carbonyl (C=O) groups is 1. The number of amides is 1. The van der Waals surface area contributed by atoms with Gasteiger partial charge in [-0.3, -0.25) is 9.20 Å². The summed E-state index contributed by atoms with van der Waals surface area (Å²) in [5.41, 5.74) is 3.47. The van der Waals surface area contributed by atoms with E-state index in [0.29, 0.717) is 13.0 Å². The van der Waals surface area contributed by atoms with Crippen LogP contribution < -0.4 is 4.90 Å². The number of halogens is 1. The average Bonchev–Trinajstić information content (AvgIpc) is 3.32. The molecule has 1 amide bonds. The number of hydrogen-bond donors (Lipinski definition) is 0. The normalized spacial score (nSPS) is 11.1. The van der Waals surface area contributed by atoms with Crippen LogP contribution in [0.2, 0.25) is 0 Å². The Morgan fingerprint density at radius 1 is 1.14 bits per heavy atom. The molecule has 0 spiro atoms. The minimum absolute atomic E-state index is 0.0707. The lowest BCUT2D eigenvalue weighted by atomic mass is 10.2. The van der Waals surface area contributed by atoms with E-state index in [1.807, 2.05) is 51.2 Å². The first kappa shape index (κ1) is 19.3. The molecule has 29 heavy (non-hydrogen) atoms. The molecule has 0 bridgehead atoms. The van der Waals surface area contributed by atoms with Gasteiger partial charge in [0.15, 0.2) is 4.96 Å². The third-order valence-corrected chi connectivity index (χ3v) is 5.75. The third-order valence-electron chi connectivity index (χ3n) is 4.86. The molecule has 0 aliphatic carbocycles. The molecule has 4 aromatic rings. The Hall–Kier alpha value is -2.99. The van der Waals surface area contributed by atoms with E-state index in [2.05, 4.69) is 11.9 Å². The van der Waals surface area contributed by atoms with Crippen LogP contribution in [-0.4, -0.2) is 21.8 Å². The van der Waals surface area contributed by atoms with Crippen LogP contribution in [-0.2, 0) is 11.2 Å². The molecular formula is C23H22FN3OS. The summed E-state index contributed by atoms with van der Waals surface area (Å²) in [6, 6.07) is 16.1. The van der Waals surface area contributed by atoms with Crippen LogP contribution in [0.4, 0.5) is 10.1 Å². The highest BCUT2D eigenvalue weighted by Crippen LogP contribution is 2.25. The Balaban J connectivity index is 1.59. The van der Waals surface area contributed by atoms with Crippen molar-refractivity contribution in [3.63, 3.8) is 0 Å². The Morgan fingerprint density at radius 2 is 1.90 bits per heavy atom. The van der Waals surface area contributed by atoms with Gasteiger partial charge >= 0.3 is 0 Å². The summed E-state index contributed by atoms with van der Waals surface area (Å²) >= 11 is 1.51. The van der Waals surface area contributed by atoms with Crippen molar-refractivity contribution in [1.82, 2.24) is 9.38 Å². The van der Waals surface area contributed by atoms with Gasteiger partial charge in [0.2, 0.25) is 5.91 Å². The van der Waals surface area contributed by atoms with Gasteiger partial charge in [-0.15, -0.1) is 11.3 Å². The summed E-state index contributed by atoms with van der Waals surface area (Å²) in [7, 11) is 0. The van der Waals surface area contributed by atoms with E-state index in [1.54, 1.807) is 12.1 Å². The molecule has 0 fully saturated rings.